The van der Waals surface area contributed by atoms with Crippen molar-refractivity contribution in [3.05, 3.63) is 64.9 Å². The Hall–Kier alpha value is -3.13. The Morgan fingerprint density at radius 2 is 2.11 bits per heavy atom. The number of carbonyl (C=O) groups excluding carboxylic acids is 1. The maximum atomic E-state index is 13.8. The third-order valence-electron chi connectivity index (χ3n) is 4.13. The van der Waals surface area contributed by atoms with Crippen molar-refractivity contribution >= 4 is 22.4 Å². The molecule has 1 atom stereocenters. The summed E-state index contributed by atoms with van der Waals surface area (Å²) in [5.74, 6) is 1.15. The minimum atomic E-state index is -0.737. The number of fused-ring (bicyclic) bond motifs is 1. The number of nitrogens with zero attached hydrogens (tertiary/aromatic N) is 1. The maximum Gasteiger partial charge on any atom is 0.266 e. The molecule has 0 radical (unpaired) electrons. The van der Waals surface area contributed by atoms with Crippen LogP contribution in [0.4, 0.5) is 9.52 Å². The maximum absolute atomic E-state index is 13.8. The molecule has 0 saturated heterocycles. The van der Waals surface area contributed by atoms with E-state index in [-0.39, 0.29) is 18.5 Å². The lowest BCUT2D eigenvalue weighted by Crippen LogP contribution is -2.30. The third-order valence-corrected chi connectivity index (χ3v) is 5.05. The Morgan fingerprint density at radius 1 is 1.29 bits per heavy atom. The summed E-state index contributed by atoms with van der Waals surface area (Å²) in [6.45, 7) is 1.82. The molecule has 2 heterocycles. The van der Waals surface area contributed by atoms with Gasteiger partial charge in [0.25, 0.3) is 5.91 Å². The van der Waals surface area contributed by atoms with Crippen LogP contribution in [0.15, 0.2) is 48.7 Å². The van der Waals surface area contributed by atoms with Crippen LogP contribution in [0.1, 0.15) is 17.4 Å². The van der Waals surface area contributed by atoms with E-state index in [0.29, 0.717) is 34.4 Å². The zero-order chi connectivity index (χ0) is 19.5. The van der Waals surface area contributed by atoms with Gasteiger partial charge in [0.2, 0.25) is 6.79 Å². The molecule has 144 valence electrons. The second-order valence-corrected chi connectivity index (χ2v) is 7.28. The molecule has 4 rings (SSSR count). The fraction of sp³-hybridized carbons (Fsp3) is 0.200. The van der Waals surface area contributed by atoms with E-state index in [1.165, 1.54) is 17.4 Å². The molecule has 1 amide bonds. The second-order valence-electron chi connectivity index (χ2n) is 6.16. The summed E-state index contributed by atoms with van der Waals surface area (Å²) in [5, 5.41) is 3.17. The lowest BCUT2D eigenvalue weighted by atomic mass is 10.1. The van der Waals surface area contributed by atoms with E-state index in [1.807, 2.05) is 0 Å². The molecule has 0 aliphatic carbocycles. The summed E-state index contributed by atoms with van der Waals surface area (Å²) in [7, 11) is 0. The normalized spacial score (nSPS) is 13.2. The van der Waals surface area contributed by atoms with Crippen LogP contribution in [0.25, 0.3) is 0 Å². The van der Waals surface area contributed by atoms with Crippen molar-refractivity contribution in [2.45, 2.75) is 19.4 Å². The van der Waals surface area contributed by atoms with Crippen LogP contribution in [0.2, 0.25) is 0 Å². The van der Waals surface area contributed by atoms with E-state index < -0.39 is 6.10 Å². The Bertz CT molecular complexity index is 1010. The molecule has 1 N–H and O–H groups in total. The van der Waals surface area contributed by atoms with Crippen LogP contribution in [0, 0.1) is 5.82 Å². The number of benzene rings is 2. The van der Waals surface area contributed by atoms with Gasteiger partial charge < -0.3 is 14.2 Å². The second kappa shape index (κ2) is 7.85. The fourth-order valence-electron chi connectivity index (χ4n) is 2.69. The third kappa shape index (κ3) is 4.07. The average molecular weight is 400 g/mol. The number of carbonyl (C=O) groups is 1. The van der Waals surface area contributed by atoms with E-state index in [1.54, 1.807) is 49.5 Å². The molecule has 8 heteroatoms. The van der Waals surface area contributed by atoms with Crippen LogP contribution in [-0.2, 0) is 11.2 Å². The van der Waals surface area contributed by atoms with Gasteiger partial charge in [-0.25, -0.2) is 9.37 Å². The molecular weight excluding hydrogens is 383 g/mol. The molecule has 1 aromatic heterocycles. The van der Waals surface area contributed by atoms with Gasteiger partial charge in [-0.3, -0.25) is 10.1 Å². The number of thiazole rings is 1. The van der Waals surface area contributed by atoms with Crippen LogP contribution < -0.4 is 19.5 Å². The van der Waals surface area contributed by atoms with Gasteiger partial charge in [-0.2, -0.15) is 0 Å². The minimum Gasteiger partial charge on any atom is -0.481 e. The SMILES string of the molecule is CC(Oc1ccc2c(c1)OCO2)C(=O)Nc1ncc(Cc2ccccc2F)s1. The molecule has 0 spiro atoms. The number of aromatic nitrogens is 1. The first-order valence-corrected chi connectivity index (χ1v) is 9.45. The number of anilines is 1. The van der Waals surface area contributed by atoms with Crippen molar-refractivity contribution < 1.29 is 23.4 Å². The van der Waals surface area contributed by atoms with Crippen LogP contribution in [0.5, 0.6) is 17.2 Å². The average Bonchev–Trinajstić information content (AvgIpc) is 3.32. The van der Waals surface area contributed by atoms with E-state index >= 15 is 0 Å². The van der Waals surface area contributed by atoms with Crippen LogP contribution >= 0.6 is 11.3 Å². The summed E-state index contributed by atoms with van der Waals surface area (Å²) < 4.78 is 30.0. The molecule has 1 aliphatic rings. The Labute approximate surface area is 164 Å². The van der Waals surface area contributed by atoms with Crippen LogP contribution in [0.3, 0.4) is 0 Å². The van der Waals surface area contributed by atoms with Gasteiger partial charge in [-0.1, -0.05) is 18.2 Å². The van der Waals surface area contributed by atoms with Crippen molar-refractivity contribution in [2.75, 3.05) is 12.1 Å². The van der Waals surface area contributed by atoms with E-state index in [0.717, 1.165) is 4.88 Å². The highest BCUT2D eigenvalue weighted by Gasteiger charge is 2.19. The highest BCUT2D eigenvalue weighted by molar-refractivity contribution is 7.15. The zero-order valence-electron chi connectivity index (χ0n) is 15.0. The number of halogens is 1. The molecule has 0 saturated carbocycles. The predicted molar refractivity (Wildman–Crippen MR) is 103 cm³/mol. The number of amides is 1. The van der Waals surface area contributed by atoms with Gasteiger partial charge in [0.15, 0.2) is 22.7 Å². The van der Waals surface area contributed by atoms with Gasteiger partial charge >= 0.3 is 0 Å². The van der Waals surface area contributed by atoms with Gasteiger partial charge in [-0.15, -0.1) is 11.3 Å². The summed E-state index contributed by atoms with van der Waals surface area (Å²) in [5.41, 5.74) is 0.587. The van der Waals surface area contributed by atoms with Crippen molar-refractivity contribution in [3.63, 3.8) is 0 Å². The standard InChI is InChI=1S/C20H17FN2O4S/c1-12(27-14-6-7-17-18(9-14)26-11-25-17)19(24)23-20-22-10-15(28-20)8-13-4-2-3-5-16(13)21/h2-7,9-10,12H,8,11H2,1H3,(H,22,23,24). The molecule has 1 unspecified atom stereocenters. The Morgan fingerprint density at radius 3 is 2.96 bits per heavy atom. The molecule has 3 aromatic rings. The van der Waals surface area contributed by atoms with Crippen molar-refractivity contribution in [1.29, 1.82) is 0 Å². The smallest absolute Gasteiger partial charge is 0.266 e. The molecule has 28 heavy (non-hydrogen) atoms. The van der Waals surface area contributed by atoms with E-state index in [4.69, 9.17) is 14.2 Å². The first-order valence-electron chi connectivity index (χ1n) is 8.64. The predicted octanol–water partition coefficient (Wildman–Crippen LogP) is 4.01. The van der Waals surface area contributed by atoms with Crippen LogP contribution in [-0.4, -0.2) is 23.8 Å². The summed E-state index contributed by atoms with van der Waals surface area (Å²) >= 11 is 1.30. The number of hydrogen-bond acceptors (Lipinski definition) is 6. The molecule has 2 aromatic carbocycles. The fourth-order valence-corrected chi connectivity index (χ4v) is 3.53. The number of hydrogen-bond donors (Lipinski definition) is 1. The lowest BCUT2D eigenvalue weighted by molar-refractivity contribution is -0.122. The highest BCUT2D eigenvalue weighted by atomic mass is 32.1. The number of nitrogens with one attached hydrogen (secondary N) is 1. The van der Waals surface area contributed by atoms with Crippen molar-refractivity contribution in [1.82, 2.24) is 4.98 Å². The molecule has 0 bridgehead atoms. The minimum absolute atomic E-state index is 0.175. The molecule has 6 nitrogen and oxygen atoms in total. The monoisotopic (exact) mass is 400 g/mol. The molecular formula is C20H17FN2O4S. The topological polar surface area (TPSA) is 69.7 Å². The Balaban J connectivity index is 1.35. The highest BCUT2D eigenvalue weighted by Crippen LogP contribution is 2.35. The first kappa shape index (κ1) is 18.2. The Kier molecular flexibility index (Phi) is 5.12. The van der Waals surface area contributed by atoms with E-state index in [9.17, 15) is 9.18 Å². The largest absolute Gasteiger partial charge is 0.481 e. The first-order chi connectivity index (χ1) is 13.6. The molecule has 1 aliphatic heterocycles. The number of ether oxygens (including phenoxy) is 3. The van der Waals surface area contributed by atoms with Gasteiger partial charge in [0.05, 0.1) is 0 Å². The summed E-state index contributed by atoms with van der Waals surface area (Å²) in [6, 6.07) is 11.7. The zero-order valence-corrected chi connectivity index (χ0v) is 15.8. The molecule has 0 fully saturated rings. The van der Waals surface area contributed by atoms with Crippen molar-refractivity contribution in [2.24, 2.45) is 0 Å². The van der Waals surface area contributed by atoms with Gasteiger partial charge in [0, 0.05) is 23.6 Å². The summed E-state index contributed by atoms with van der Waals surface area (Å²) in [6.07, 6.45) is 1.32. The lowest BCUT2D eigenvalue weighted by Gasteiger charge is -2.14. The quantitative estimate of drug-likeness (QED) is 0.677. The van der Waals surface area contributed by atoms with Crippen molar-refractivity contribution in [3.8, 4) is 17.2 Å². The van der Waals surface area contributed by atoms with Gasteiger partial charge in [0.1, 0.15) is 11.6 Å². The van der Waals surface area contributed by atoms with E-state index in [2.05, 4.69) is 10.3 Å². The van der Waals surface area contributed by atoms with Gasteiger partial charge in [-0.05, 0) is 30.7 Å². The number of rotatable bonds is 6. The summed E-state index contributed by atoms with van der Waals surface area (Å²) in [4.78, 5) is 17.4.